The summed E-state index contributed by atoms with van der Waals surface area (Å²) in [4.78, 5) is 12.4. The number of ether oxygens (including phenoxy) is 1. The molecule has 0 radical (unpaired) electrons. The van der Waals surface area contributed by atoms with E-state index in [1.54, 1.807) is 0 Å². The molecule has 0 aromatic heterocycles. The summed E-state index contributed by atoms with van der Waals surface area (Å²) in [6.45, 7) is 5.72. The van der Waals surface area contributed by atoms with Gasteiger partial charge >= 0.3 is 0 Å². The van der Waals surface area contributed by atoms with Crippen LogP contribution in [0.5, 0.6) is 0 Å². The summed E-state index contributed by atoms with van der Waals surface area (Å²) < 4.78 is 4.69. The van der Waals surface area contributed by atoms with Crippen LogP contribution >= 0.6 is 0 Å². The van der Waals surface area contributed by atoms with E-state index in [0.29, 0.717) is 19.1 Å². The summed E-state index contributed by atoms with van der Waals surface area (Å²) in [6.07, 6.45) is 4.96. The van der Waals surface area contributed by atoms with E-state index in [9.17, 15) is 4.79 Å². The van der Waals surface area contributed by atoms with Crippen molar-refractivity contribution in [1.29, 1.82) is 0 Å². The van der Waals surface area contributed by atoms with E-state index in [0.717, 1.165) is 6.42 Å². The van der Waals surface area contributed by atoms with Crippen molar-refractivity contribution < 1.29 is 9.53 Å². The van der Waals surface area contributed by atoms with Crippen molar-refractivity contribution in [1.82, 2.24) is 4.90 Å². The number of likely N-dealkylation sites (tertiary alicyclic amines) is 1. The molecule has 0 bridgehead atoms. The lowest BCUT2D eigenvalue weighted by Crippen LogP contribution is -2.37. The molecule has 3 nitrogen and oxygen atoms in total. The van der Waals surface area contributed by atoms with Gasteiger partial charge in [0.2, 0.25) is 0 Å². The van der Waals surface area contributed by atoms with Crippen LogP contribution in [0.3, 0.4) is 0 Å². The summed E-state index contributed by atoms with van der Waals surface area (Å²) in [5.41, 5.74) is 0. The Kier molecular flexibility index (Phi) is 4.83. The lowest BCUT2D eigenvalue weighted by atomic mass is 10.1. The number of carbonyl (C=O) groups excluding carboxylic acids is 1. The first kappa shape index (κ1) is 10.5. The second-order valence-electron chi connectivity index (χ2n) is 3.70. The van der Waals surface area contributed by atoms with Crippen LogP contribution in [0.15, 0.2) is 0 Å². The van der Waals surface area contributed by atoms with Crippen molar-refractivity contribution in [3.05, 3.63) is 0 Å². The molecule has 1 fully saturated rings. The minimum Gasteiger partial charge on any atom is -0.468 e. The molecule has 76 valence electrons. The van der Waals surface area contributed by atoms with E-state index in [2.05, 4.69) is 16.6 Å². The number of hydrogen-bond acceptors (Lipinski definition) is 3. The van der Waals surface area contributed by atoms with Gasteiger partial charge in [0.25, 0.3) is 6.47 Å². The third kappa shape index (κ3) is 3.77. The number of carbonyl (C=O) groups is 1. The largest absolute Gasteiger partial charge is 0.468 e. The maximum atomic E-state index is 9.93. The Bertz CT molecular complexity index is 144. The fraction of sp³-hybridized carbons (Fsp3) is 0.900. The van der Waals surface area contributed by atoms with E-state index >= 15 is 0 Å². The third-order valence-electron chi connectivity index (χ3n) is 2.74. The molecule has 0 aromatic carbocycles. The Morgan fingerprint density at radius 2 is 2.08 bits per heavy atom. The molecule has 1 heterocycles. The Morgan fingerprint density at radius 1 is 1.38 bits per heavy atom. The van der Waals surface area contributed by atoms with Gasteiger partial charge in [-0.25, -0.2) is 0 Å². The summed E-state index contributed by atoms with van der Waals surface area (Å²) in [6, 6.07) is 0.556. The molecule has 13 heavy (non-hydrogen) atoms. The average molecular weight is 185 g/mol. The highest BCUT2D eigenvalue weighted by atomic mass is 16.5. The van der Waals surface area contributed by atoms with E-state index < -0.39 is 0 Å². The van der Waals surface area contributed by atoms with Crippen LogP contribution in [-0.4, -0.2) is 37.1 Å². The number of rotatable bonds is 5. The fourth-order valence-corrected chi connectivity index (χ4v) is 1.83. The highest BCUT2D eigenvalue weighted by molar-refractivity contribution is 5.36. The molecule has 0 aromatic rings. The maximum absolute atomic E-state index is 9.93. The first-order valence-corrected chi connectivity index (χ1v) is 5.14. The van der Waals surface area contributed by atoms with Crippen LogP contribution in [0.25, 0.3) is 0 Å². The zero-order chi connectivity index (χ0) is 9.52. The monoisotopic (exact) mass is 185 g/mol. The van der Waals surface area contributed by atoms with Gasteiger partial charge in [-0.2, -0.15) is 0 Å². The van der Waals surface area contributed by atoms with Crippen LogP contribution in [0, 0.1) is 0 Å². The summed E-state index contributed by atoms with van der Waals surface area (Å²) in [7, 11) is 0. The Hall–Kier alpha value is -0.570. The molecule has 1 rings (SSSR count). The highest BCUT2D eigenvalue weighted by Gasteiger charge is 2.15. The number of hydrogen-bond donors (Lipinski definition) is 0. The van der Waals surface area contributed by atoms with Gasteiger partial charge in [-0.1, -0.05) is 6.42 Å². The van der Waals surface area contributed by atoms with Crippen molar-refractivity contribution in [2.45, 2.75) is 38.6 Å². The Balaban J connectivity index is 2.13. The minimum absolute atomic E-state index is 0.531. The van der Waals surface area contributed by atoms with Crippen molar-refractivity contribution in [3.8, 4) is 0 Å². The SMILES string of the molecule is CC(CCOC=O)N1CCCCC1. The van der Waals surface area contributed by atoms with Gasteiger partial charge < -0.3 is 9.64 Å². The number of nitrogens with zero attached hydrogens (tertiary/aromatic N) is 1. The van der Waals surface area contributed by atoms with Crippen molar-refractivity contribution in [2.75, 3.05) is 19.7 Å². The normalized spacial score (nSPS) is 21.0. The predicted octanol–water partition coefficient (Wildman–Crippen LogP) is 1.42. The maximum Gasteiger partial charge on any atom is 0.293 e. The molecule has 1 atom stereocenters. The molecular weight excluding hydrogens is 166 g/mol. The smallest absolute Gasteiger partial charge is 0.293 e. The molecule has 1 aliphatic heterocycles. The predicted molar refractivity (Wildman–Crippen MR) is 51.5 cm³/mol. The van der Waals surface area contributed by atoms with Gasteiger partial charge in [-0.3, -0.25) is 4.79 Å². The van der Waals surface area contributed by atoms with Crippen molar-refractivity contribution in [3.63, 3.8) is 0 Å². The molecule has 0 amide bonds. The molecule has 1 unspecified atom stereocenters. The lowest BCUT2D eigenvalue weighted by molar-refractivity contribution is -0.129. The van der Waals surface area contributed by atoms with Crippen molar-refractivity contribution in [2.24, 2.45) is 0 Å². The van der Waals surface area contributed by atoms with Gasteiger partial charge in [0.15, 0.2) is 0 Å². The zero-order valence-corrected chi connectivity index (χ0v) is 8.37. The molecule has 3 heteroatoms. The average Bonchev–Trinajstić information content (AvgIpc) is 2.19. The molecule has 1 aliphatic rings. The quantitative estimate of drug-likeness (QED) is 0.479. The van der Waals surface area contributed by atoms with Crippen LogP contribution < -0.4 is 0 Å². The first-order chi connectivity index (χ1) is 6.34. The summed E-state index contributed by atoms with van der Waals surface area (Å²) in [5.74, 6) is 0. The van der Waals surface area contributed by atoms with E-state index in [4.69, 9.17) is 0 Å². The van der Waals surface area contributed by atoms with Crippen LogP contribution in [0.4, 0.5) is 0 Å². The van der Waals surface area contributed by atoms with Gasteiger partial charge in [0.05, 0.1) is 6.61 Å². The standard InChI is InChI=1S/C10H19NO2/c1-10(5-8-13-9-12)11-6-3-2-4-7-11/h9-10H,2-8H2,1H3. The van der Waals surface area contributed by atoms with Crippen LogP contribution in [0.2, 0.25) is 0 Å². The van der Waals surface area contributed by atoms with E-state index in [1.807, 2.05) is 0 Å². The van der Waals surface area contributed by atoms with Gasteiger partial charge in [-0.15, -0.1) is 0 Å². The Morgan fingerprint density at radius 3 is 2.69 bits per heavy atom. The molecule has 0 saturated carbocycles. The van der Waals surface area contributed by atoms with Crippen LogP contribution in [0.1, 0.15) is 32.6 Å². The second kappa shape index (κ2) is 5.97. The van der Waals surface area contributed by atoms with Gasteiger partial charge in [-0.05, 0) is 39.3 Å². The molecular formula is C10H19NO2. The summed E-state index contributed by atoms with van der Waals surface area (Å²) in [5, 5.41) is 0. The molecule has 0 N–H and O–H groups in total. The van der Waals surface area contributed by atoms with Gasteiger partial charge in [0, 0.05) is 6.04 Å². The third-order valence-corrected chi connectivity index (χ3v) is 2.74. The second-order valence-corrected chi connectivity index (χ2v) is 3.70. The molecule has 1 saturated heterocycles. The van der Waals surface area contributed by atoms with Gasteiger partial charge in [0.1, 0.15) is 0 Å². The minimum atomic E-state index is 0.531. The molecule has 0 aliphatic carbocycles. The van der Waals surface area contributed by atoms with E-state index in [1.165, 1.54) is 32.4 Å². The summed E-state index contributed by atoms with van der Waals surface area (Å²) >= 11 is 0. The highest BCUT2D eigenvalue weighted by Crippen LogP contribution is 2.13. The van der Waals surface area contributed by atoms with E-state index in [-0.39, 0.29) is 0 Å². The molecule has 0 spiro atoms. The Labute approximate surface area is 80.1 Å². The zero-order valence-electron chi connectivity index (χ0n) is 8.37. The topological polar surface area (TPSA) is 29.5 Å². The fourth-order valence-electron chi connectivity index (χ4n) is 1.83. The lowest BCUT2D eigenvalue weighted by Gasteiger charge is -2.32. The van der Waals surface area contributed by atoms with Crippen molar-refractivity contribution >= 4 is 6.47 Å². The first-order valence-electron chi connectivity index (χ1n) is 5.14. The number of piperidine rings is 1. The van der Waals surface area contributed by atoms with Crippen LogP contribution in [-0.2, 0) is 9.53 Å².